The van der Waals surface area contributed by atoms with Crippen molar-refractivity contribution < 1.29 is 0 Å². The van der Waals surface area contributed by atoms with Gasteiger partial charge in [0.05, 0.1) is 17.2 Å². The summed E-state index contributed by atoms with van der Waals surface area (Å²) in [4.78, 5) is 10.1. The molecule has 0 amide bonds. The van der Waals surface area contributed by atoms with Crippen LogP contribution < -0.4 is 5.32 Å². The quantitative estimate of drug-likeness (QED) is 0.872. The summed E-state index contributed by atoms with van der Waals surface area (Å²) >= 11 is 1.71. The first-order valence-electron chi connectivity index (χ1n) is 6.33. The van der Waals surface area contributed by atoms with Crippen molar-refractivity contribution in [1.82, 2.24) is 19.9 Å². The first-order chi connectivity index (χ1) is 8.76. The highest BCUT2D eigenvalue weighted by Crippen LogP contribution is 2.24. The maximum atomic E-state index is 4.47. The standard InChI is InChI=1S/C13H20N4S/c1-4-6-17-7-5-15-12(17)8-11(14-3)13-10(2)16-9-18-13/h5,7,9,11,14H,4,6,8H2,1-3H3. The van der Waals surface area contributed by atoms with Crippen molar-refractivity contribution in [2.75, 3.05) is 7.05 Å². The zero-order valence-electron chi connectivity index (χ0n) is 11.2. The van der Waals surface area contributed by atoms with Gasteiger partial charge in [-0.25, -0.2) is 9.97 Å². The third-order valence-corrected chi connectivity index (χ3v) is 4.15. The average Bonchev–Trinajstić information content (AvgIpc) is 2.96. The molecule has 0 saturated carbocycles. The number of nitrogens with one attached hydrogen (secondary N) is 1. The molecule has 2 aromatic rings. The van der Waals surface area contributed by atoms with Gasteiger partial charge in [-0.15, -0.1) is 11.3 Å². The molecule has 18 heavy (non-hydrogen) atoms. The van der Waals surface area contributed by atoms with Crippen LogP contribution in [0.1, 0.15) is 35.8 Å². The summed E-state index contributed by atoms with van der Waals surface area (Å²) in [5.74, 6) is 1.14. The smallest absolute Gasteiger partial charge is 0.110 e. The second-order valence-corrected chi connectivity index (χ2v) is 5.27. The van der Waals surface area contributed by atoms with Gasteiger partial charge in [-0.05, 0) is 20.4 Å². The van der Waals surface area contributed by atoms with Gasteiger partial charge >= 0.3 is 0 Å². The van der Waals surface area contributed by atoms with Crippen LogP contribution in [-0.4, -0.2) is 21.6 Å². The molecule has 0 spiro atoms. The second-order valence-electron chi connectivity index (χ2n) is 4.38. The molecule has 0 radical (unpaired) electrons. The third-order valence-electron chi connectivity index (χ3n) is 3.10. The van der Waals surface area contributed by atoms with Crippen molar-refractivity contribution in [2.24, 2.45) is 0 Å². The van der Waals surface area contributed by atoms with Crippen molar-refractivity contribution in [2.45, 2.75) is 39.3 Å². The normalized spacial score (nSPS) is 12.8. The summed E-state index contributed by atoms with van der Waals surface area (Å²) in [6.07, 6.45) is 5.99. The Bertz CT molecular complexity index is 489. The largest absolute Gasteiger partial charge is 0.335 e. The first-order valence-corrected chi connectivity index (χ1v) is 7.21. The topological polar surface area (TPSA) is 42.7 Å². The van der Waals surface area contributed by atoms with E-state index in [-0.39, 0.29) is 0 Å². The highest BCUT2D eigenvalue weighted by Gasteiger charge is 2.17. The van der Waals surface area contributed by atoms with E-state index in [9.17, 15) is 0 Å². The Labute approximate surface area is 112 Å². The van der Waals surface area contributed by atoms with Crippen molar-refractivity contribution in [3.8, 4) is 0 Å². The summed E-state index contributed by atoms with van der Waals surface area (Å²) in [5, 5.41) is 3.37. The van der Waals surface area contributed by atoms with Crippen LogP contribution >= 0.6 is 11.3 Å². The second kappa shape index (κ2) is 6.11. The van der Waals surface area contributed by atoms with Gasteiger partial charge in [0.1, 0.15) is 5.82 Å². The van der Waals surface area contributed by atoms with Gasteiger partial charge in [-0.2, -0.15) is 0 Å². The van der Waals surface area contributed by atoms with Crippen LogP contribution in [-0.2, 0) is 13.0 Å². The minimum Gasteiger partial charge on any atom is -0.335 e. The average molecular weight is 264 g/mol. The monoisotopic (exact) mass is 264 g/mol. The van der Waals surface area contributed by atoms with Crippen LogP contribution in [0.15, 0.2) is 17.9 Å². The molecule has 2 aromatic heterocycles. The molecule has 1 unspecified atom stereocenters. The zero-order chi connectivity index (χ0) is 13.0. The minimum atomic E-state index is 0.301. The third kappa shape index (κ3) is 2.79. The number of nitrogens with zero attached hydrogens (tertiary/aromatic N) is 3. The Morgan fingerprint density at radius 1 is 1.44 bits per heavy atom. The van der Waals surface area contributed by atoms with Crippen molar-refractivity contribution >= 4 is 11.3 Å². The van der Waals surface area contributed by atoms with E-state index < -0.39 is 0 Å². The van der Waals surface area contributed by atoms with E-state index in [2.05, 4.69) is 39.9 Å². The number of rotatable bonds is 6. The highest BCUT2D eigenvalue weighted by molar-refractivity contribution is 7.09. The summed E-state index contributed by atoms with van der Waals surface area (Å²) in [6, 6.07) is 0.301. The van der Waals surface area contributed by atoms with Gasteiger partial charge in [0.15, 0.2) is 0 Å². The summed E-state index contributed by atoms with van der Waals surface area (Å²) in [7, 11) is 2.00. The fourth-order valence-corrected chi connectivity index (χ4v) is 3.04. The molecule has 98 valence electrons. The van der Waals surface area contributed by atoms with E-state index in [0.29, 0.717) is 6.04 Å². The van der Waals surface area contributed by atoms with Crippen LogP contribution in [0.4, 0.5) is 0 Å². The molecule has 0 aliphatic rings. The molecule has 2 heterocycles. The Morgan fingerprint density at radius 2 is 2.28 bits per heavy atom. The first kappa shape index (κ1) is 13.2. The lowest BCUT2D eigenvalue weighted by Gasteiger charge is -2.16. The molecule has 0 saturated heterocycles. The number of aryl methyl sites for hydroxylation is 2. The number of aromatic nitrogens is 3. The Hall–Kier alpha value is -1.20. The van der Waals surface area contributed by atoms with Gasteiger partial charge in [0.2, 0.25) is 0 Å². The lowest BCUT2D eigenvalue weighted by atomic mass is 10.1. The van der Waals surface area contributed by atoms with Gasteiger partial charge in [-0.1, -0.05) is 6.92 Å². The van der Waals surface area contributed by atoms with Gasteiger partial charge < -0.3 is 9.88 Å². The summed E-state index contributed by atoms with van der Waals surface area (Å²) < 4.78 is 2.24. The maximum absolute atomic E-state index is 4.47. The molecule has 2 rings (SSSR count). The van der Waals surface area contributed by atoms with Gasteiger partial charge in [-0.3, -0.25) is 0 Å². The van der Waals surface area contributed by atoms with Crippen LogP contribution in [0.5, 0.6) is 0 Å². The molecular weight excluding hydrogens is 244 g/mol. The highest BCUT2D eigenvalue weighted by atomic mass is 32.1. The fraction of sp³-hybridized carbons (Fsp3) is 0.538. The number of hydrogen-bond acceptors (Lipinski definition) is 4. The molecule has 0 aliphatic carbocycles. The number of likely N-dealkylation sites (N-methyl/N-ethyl adjacent to an activating group) is 1. The summed E-state index contributed by atoms with van der Waals surface area (Å²) in [5.41, 5.74) is 3.03. The Kier molecular flexibility index (Phi) is 4.49. The molecule has 0 fully saturated rings. The summed E-state index contributed by atoms with van der Waals surface area (Å²) in [6.45, 7) is 5.29. The molecular formula is C13H20N4S. The number of hydrogen-bond donors (Lipinski definition) is 1. The molecule has 5 heteroatoms. The van der Waals surface area contributed by atoms with Crippen LogP contribution in [0.25, 0.3) is 0 Å². The van der Waals surface area contributed by atoms with Gasteiger partial charge in [0, 0.05) is 30.2 Å². The van der Waals surface area contributed by atoms with Crippen LogP contribution in [0, 0.1) is 6.92 Å². The van der Waals surface area contributed by atoms with Gasteiger partial charge in [0.25, 0.3) is 0 Å². The molecule has 1 N–H and O–H groups in total. The van der Waals surface area contributed by atoms with Crippen LogP contribution in [0.3, 0.4) is 0 Å². The van der Waals surface area contributed by atoms with Crippen LogP contribution in [0.2, 0.25) is 0 Å². The molecule has 4 nitrogen and oxygen atoms in total. The lowest BCUT2D eigenvalue weighted by molar-refractivity contribution is 0.547. The molecule has 0 aliphatic heterocycles. The molecule has 0 aromatic carbocycles. The van der Waals surface area contributed by atoms with E-state index in [4.69, 9.17) is 0 Å². The van der Waals surface area contributed by atoms with E-state index in [1.165, 1.54) is 4.88 Å². The zero-order valence-corrected chi connectivity index (χ0v) is 12.0. The predicted molar refractivity (Wildman–Crippen MR) is 74.9 cm³/mol. The van der Waals surface area contributed by atoms with Crippen molar-refractivity contribution in [3.05, 3.63) is 34.3 Å². The van der Waals surface area contributed by atoms with E-state index in [1.807, 2.05) is 18.8 Å². The number of thiazole rings is 1. The predicted octanol–water partition coefficient (Wildman–Crippen LogP) is 2.56. The number of imidazole rings is 1. The minimum absolute atomic E-state index is 0.301. The fourth-order valence-electron chi connectivity index (χ4n) is 2.13. The van der Waals surface area contributed by atoms with E-state index in [1.54, 1.807) is 11.3 Å². The van der Waals surface area contributed by atoms with Crippen molar-refractivity contribution in [3.63, 3.8) is 0 Å². The SMILES string of the molecule is CCCn1ccnc1CC(NC)c1scnc1C. The Balaban J connectivity index is 2.15. The molecule has 1 atom stereocenters. The lowest BCUT2D eigenvalue weighted by Crippen LogP contribution is -2.20. The maximum Gasteiger partial charge on any atom is 0.110 e. The van der Waals surface area contributed by atoms with E-state index in [0.717, 1.165) is 30.9 Å². The molecule has 0 bridgehead atoms. The van der Waals surface area contributed by atoms with E-state index >= 15 is 0 Å². The van der Waals surface area contributed by atoms with Crippen molar-refractivity contribution in [1.29, 1.82) is 0 Å². The Morgan fingerprint density at radius 3 is 2.89 bits per heavy atom.